The first-order chi connectivity index (χ1) is 9.17. The molecule has 0 saturated heterocycles. The zero-order valence-corrected chi connectivity index (χ0v) is 13.6. The molecule has 1 aromatic carbocycles. The summed E-state index contributed by atoms with van der Waals surface area (Å²) in [5.41, 5.74) is 3.61. The van der Waals surface area contributed by atoms with Gasteiger partial charge >= 0.3 is 0 Å². The Morgan fingerprint density at radius 2 is 2.00 bits per heavy atom. The maximum atomic E-state index is 6.10. The quantitative estimate of drug-likeness (QED) is 0.760. The number of furan rings is 1. The van der Waals surface area contributed by atoms with Gasteiger partial charge in [-0.25, -0.2) is 0 Å². The van der Waals surface area contributed by atoms with E-state index in [9.17, 15) is 0 Å². The van der Waals surface area contributed by atoms with Crippen LogP contribution in [0.4, 0.5) is 0 Å². The third-order valence-electron chi connectivity index (χ3n) is 3.34. The van der Waals surface area contributed by atoms with Crippen molar-refractivity contribution in [1.82, 2.24) is 5.32 Å². The second-order valence-electron chi connectivity index (χ2n) is 5.03. The summed E-state index contributed by atoms with van der Waals surface area (Å²) in [4.78, 5) is 0. The number of nitrogens with one attached hydrogen (secondary N) is 1. The van der Waals surface area contributed by atoms with E-state index >= 15 is 0 Å². The molecule has 0 amide bonds. The van der Waals surface area contributed by atoms with Gasteiger partial charge in [0, 0.05) is 15.4 Å². The fourth-order valence-electron chi connectivity index (χ4n) is 2.47. The molecular weight excluding hydrogens is 302 g/mol. The number of rotatable bonds is 6. The Morgan fingerprint density at radius 1 is 1.21 bits per heavy atom. The normalized spacial score (nSPS) is 11.4. The molecule has 0 radical (unpaired) electrons. The van der Waals surface area contributed by atoms with E-state index in [0.717, 1.165) is 48.2 Å². The third-order valence-corrected chi connectivity index (χ3v) is 3.80. The van der Waals surface area contributed by atoms with Crippen molar-refractivity contribution in [3.05, 3.63) is 33.5 Å². The first-order valence-electron chi connectivity index (χ1n) is 7.08. The zero-order valence-electron chi connectivity index (χ0n) is 12.0. The molecule has 0 aliphatic heterocycles. The van der Waals surface area contributed by atoms with Crippen molar-refractivity contribution in [3.63, 3.8) is 0 Å². The van der Waals surface area contributed by atoms with E-state index in [-0.39, 0.29) is 0 Å². The van der Waals surface area contributed by atoms with E-state index in [1.165, 1.54) is 16.5 Å². The van der Waals surface area contributed by atoms with Crippen LogP contribution in [0.25, 0.3) is 11.0 Å². The molecule has 0 spiro atoms. The van der Waals surface area contributed by atoms with Gasteiger partial charge in [0.25, 0.3) is 0 Å². The van der Waals surface area contributed by atoms with Gasteiger partial charge in [-0.2, -0.15) is 0 Å². The van der Waals surface area contributed by atoms with E-state index in [4.69, 9.17) is 4.42 Å². The Labute approximate surface area is 123 Å². The molecular formula is C16H22BrNO. The van der Waals surface area contributed by atoms with Crippen molar-refractivity contribution in [1.29, 1.82) is 0 Å². The van der Waals surface area contributed by atoms with Crippen molar-refractivity contribution in [2.24, 2.45) is 0 Å². The molecule has 3 heteroatoms. The van der Waals surface area contributed by atoms with Crippen LogP contribution in [0.3, 0.4) is 0 Å². The van der Waals surface area contributed by atoms with Crippen molar-refractivity contribution >= 4 is 26.9 Å². The van der Waals surface area contributed by atoms with Crippen LogP contribution in [0.5, 0.6) is 0 Å². The summed E-state index contributed by atoms with van der Waals surface area (Å²) in [5, 5.41) is 4.71. The third kappa shape index (κ3) is 3.21. The molecule has 1 heterocycles. The predicted molar refractivity (Wildman–Crippen MR) is 84.6 cm³/mol. The number of hydrogen-bond donors (Lipinski definition) is 1. The number of benzene rings is 1. The lowest BCUT2D eigenvalue weighted by atomic mass is 10.0. The highest BCUT2D eigenvalue weighted by Crippen LogP contribution is 2.32. The monoisotopic (exact) mass is 323 g/mol. The Bertz CT molecular complexity index is 559. The summed E-state index contributed by atoms with van der Waals surface area (Å²) in [5.74, 6) is 1.10. The minimum absolute atomic E-state index is 0.828. The van der Waals surface area contributed by atoms with Crippen molar-refractivity contribution in [2.45, 2.75) is 46.6 Å². The summed E-state index contributed by atoms with van der Waals surface area (Å²) in [7, 11) is 0. The van der Waals surface area contributed by atoms with E-state index in [0.29, 0.717) is 0 Å². The molecule has 1 aromatic heterocycles. The Morgan fingerprint density at radius 3 is 2.68 bits per heavy atom. The van der Waals surface area contributed by atoms with Gasteiger partial charge in [0.05, 0.1) is 6.54 Å². The van der Waals surface area contributed by atoms with Gasteiger partial charge in [0.2, 0.25) is 0 Å². The Hall–Kier alpha value is -0.800. The highest BCUT2D eigenvalue weighted by atomic mass is 79.9. The minimum Gasteiger partial charge on any atom is -0.459 e. The maximum Gasteiger partial charge on any atom is 0.137 e. The Balaban J connectivity index is 2.44. The largest absolute Gasteiger partial charge is 0.459 e. The highest BCUT2D eigenvalue weighted by molar-refractivity contribution is 9.10. The average molecular weight is 324 g/mol. The number of hydrogen-bond acceptors (Lipinski definition) is 2. The van der Waals surface area contributed by atoms with Gasteiger partial charge in [-0.1, -0.05) is 36.2 Å². The molecule has 1 N–H and O–H groups in total. The molecule has 0 unspecified atom stereocenters. The lowest BCUT2D eigenvalue weighted by molar-refractivity contribution is 0.505. The molecule has 0 bridgehead atoms. The van der Waals surface area contributed by atoms with Crippen LogP contribution in [-0.4, -0.2) is 6.54 Å². The summed E-state index contributed by atoms with van der Waals surface area (Å²) >= 11 is 3.58. The molecule has 0 saturated carbocycles. The van der Waals surface area contributed by atoms with E-state index in [1.807, 2.05) is 0 Å². The fourth-order valence-corrected chi connectivity index (χ4v) is 3.04. The average Bonchev–Trinajstić information content (AvgIpc) is 2.70. The lowest BCUT2D eigenvalue weighted by Gasteiger charge is -2.03. The number of fused-ring (bicyclic) bond motifs is 1. The van der Waals surface area contributed by atoms with Gasteiger partial charge < -0.3 is 9.73 Å². The Kier molecular flexibility index (Phi) is 5.06. The van der Waals surface area contributed by atoms with Gasteiger partial charge in [0.1, 0.15) is 11.3 Å². The predicted octanol–water partition coefficient (Wildman–Crippen LogP) is 4.96. The molecule has 104 valence electrons. The molecule has 0 fully saturated rings. The molecule has 2 aromatic rings. The maximum absolute atomic E-state index is 6.10. The standard InChI is InChI=1S/C16H22BrNO/c1-4-6-13-14-9-12(17)8-11(3)16(14)19-15(13)10-18-7-5-2/h8-9,18H,4-7,10H2,1-3H3. The van der Waals surface area contributed by atoms with E-state index in [1.54, 1.807) is 0 Å². The van der Waals surface area contributed by atoms with Crippen LogP contribution >= 0.6 is 15.9 Å². The van der Waals surface area contributed by atoms with Crippen molar-refractivity contribution in [3.8, 4) is 0 Å². The van der Waals surface area contributed by atoms with Crippen LogP contribution in [0.15, 0.2) is 21.0 Å². The topological polar surface area (TPSA) is 25.2 Å². The van der Waals surface area contributed by atoms with Crippen LogP contribution < -0.4 is 5.32 Å². The van der Waals surface area contributed by atoms with Gasteiger partial charge in [-0.15, -0.1) is 0 Å². The lowest BCUT2D eigenvalue weighted by Crippen LogP contribution is -2.14. The molecule has 2 rings (SSSR count). The van der Waals surface area contributed by atoms with E-state index < -0.39 is 0 Å². The molecule has 19 heavy (non-hydrogen) atoms. The second-order valence-corrected chi connectivity index (χ2v) is 5.95. The first kappa shape index (κ1) is 14.6. The highest BCUT2D eigenvalue weighted by Gasteiger charge is 2.15. The van der Waals surface area contributed by atoms with Crippen LogP contribution in [0.2, 0.25) is 0 Å². The smallest absolute Gasteiger partial charge is 0.137 e. The summed E-state index contributed by atoms with van der Waals surface area (Å²) in [6.45, 7) is 8.36. The summed E-state index contributed by atoms with van der Waals surface area (Å²) < 4.78 is 7.23. The zero-order chi connectivity index (χ0) is 13.8. The van der Waals surface area contributed by atoms with Gasteiger partial charge in [-0.3, -0.25) is 0 Å². The van der Waals surface area contributed by atoms with Crippen LogP contribution in [-0.2, 0) is 13.0 Å². The number of aryl methyl sites for hydroxylation is 2. The minimum atomic E-state index is 0.828. The molecule has 2 nitrogen and oxygen atoms in total. The van der Waals surface area contributed by atoms with Gasteiger partial charge in [0.15, 0.2) is 0 Å². The van der Waals surface area contributed by atoms with Crippen LogP contribution in [0.1, 0.15) is 43.6 Å². The SMILES string of the molecule is CCCNCc1oc2c(C)cc(Br)cc2c1CCC. The van der Waals surface area contributed by atoms with E-state index in [2.05, 4.69) is 54.2 Å². The van der Waals surface area contributed by atoms with Crippen molar-refractivity contribution < 1.29 is 4.42 Å². The van der Waals surface area contributed by atoms with Crippen molar-refractivity contribution in [2.75, 3.05) is 6.54 Å². The second kappa shape index (κ2) is 6.58. The molecule has 0 aliphatic carbocycles. The number of halogens is 1. The summed E-state index contributed by atoms with van der Waals surface area (Å²) in [6, 6.07) is 4.30. The fraction of sp³-hybridized carbons (Fsp3) is 0.500. The van der Waals surface area contributed by atoms with Gasteiger partial charge in [-0.05, 0) is 44.0 Å². The first-order valence-corrected chi connectivity index (χ1v) is 7.87. The molecule has 0 atom stereocenters. The molecule has 0 aliphatic rings. The summed E-state index contributed by atoms with van der Waals surface area (Å²) in [6.07, 6.45) is 3.36. The van der Waals surface area contributed by atoms with Crippen LogP contribution in [0, 0.1) is 6.92 Å².